The van der Waals surface area contributed by atoms with Gasteiger partial charge in [0, 0.05) is 13.1 Å². The molecule has 2 aromatic carbocycles. The first-order chi connectivity index (χ1) is 12.7. The molecule has 0 atom stereocenters. The number of carbonyl (C=O) groups excluding carboxylic acids is 1. The fourth-order valence-electron chi connectivity index (χ4n) is 2.31. The summed E-state index contributed by atoms with van der Waals surface area (Å²) in [6.45, 7) is 3.97. The maximum absolute atomic E-state index is 11.5. The van der Waals surface area contributed by atoms with E-state index in [1.165, 1.54) is 7.11 Å². The molecule has 0 bridgehead atoms. The third kappa shape index (κ3) is 7.46. The van der Waals surface area contributed by atoms with E-state index in [-0.39, 0.29) is 29.9 Å². The summed E-state index contributed by atoms with van der Waals surface area (Å²) in [7, 11) is 3.03. The maximum atomic E-state index is 11.5. The number of guanidine groups is 1. The van der Waals surface area contributed by atoms with E-state index < -0.39 is 0 Å². The summed E-state index contributed by atoms with van der Waals surface area (Å²) >= 11 is 0. The molecule has 2 aromatic rings. The van der Waals surface area contributed by atoms with Gasteiger partial charge in [-0.15, -0.1) is 24.0 Å². The van der Waals surface area contributed by atoms with E-state index in [4.69, 9.17) is 9.47 Å². The Morgan fingerprint density at radius 2 is 1.59 bits per heavy atom. The van der Waals surface area contributed by atoms with Crippen molar-refractivity contribution >= 4 is 35.9 Å². The van der Waals surface area contributed by atoms with E-state index in [2.05, 4.69) is 15.6 Å². The number of hydrogen-bond acceptors (Lipinski definition) is 4. The lowest BCUT2D eigenvalue weighted by molar-refractivity contribution is 0.0600. The van der Waals surface area contributed by atoms with Crippen molar-refractivity contribution in [2.24, 2.45) is 4.99 Å². The molecule has 7 heteroatoms. The van der Waals surface area contributed by atoms with Crippen LogP contribution in [0.3, 0.4) is 0 Å². The van der Waals surface area contributed by atoms with Crippen molar-refractivity contribution in [2.75, 3.05) is 20.8 Å². The number of benzene rings is 2. The van der Waals surface area contributed by atoms with Gasteiger partial charge in [-0.2, -0.15) is 0 Å². The molecule has 0 aliphatic heterocycles. The van der Waals surface area contributed by atoms with Crippen molar-refractivity contribution in [2.45, 2.75) is 20.0 Å². The molecule has 0 heterocycles. The Labute approximate surface area is 177 Å². The van der Waals surface area contributed by atoms with E-state index >= 15 is 0 Å². The van der Waals surface area contributed by atoms with Gasteiger partial charge < -0.3 is 20.1 Å². The highest BCUT2D eigenvalue weighted by atomic mass is 127. The van der Waals surface area contributed by atoms with Crippen molar-refractivity contribution in [3.63, 3.8) is 0 Å². The zero-order chi connectivity index (χ0) is 18.8. The first kappa shape index (κ1) is 22.8. The smallest absolute Gasteiger partial charge is 0.337 e. The Morgan fingerprint density at radius 3 is 2.15 bits per heavy atom. The van der Waals surface area contributed by atoms with Crippen LogP contribution >= 0.6 is 24.0 Å². The van der Waals surface area contributed by atoms with Crippen LogP contribution in [0.15, 0.2) is 53.5 Å². The van der Waals surface area contributed by atoms with Gasteiger partial charge in [0.25, 0.3) is 0 Å². The van der Waals surface area contributed by atoms with Crippen LogP contribution in [0, 0.1) is 0 Å². The van der Waals surface area contributed by atoms with E-state index in [1.54, 1.807) is 19.2 Å². The molecular formula is C20H26IN3O3. The summed E-state index contributed by atoms with van der Waals surface area (Å²) in [4.78, 5) is 16.1. The zero-order valence-corrected chi connectivity index (χ0v) is 18.2. The van der Waals surface area contributed by atoms with Gasteiger partial charge in [-0.25, -0.2) is 9.79 Å². The minimum atomic E-state index is -0.334. The number of rotatable bonds is 7. The molecule has 0 aromatic heterocycles. The number of halogens is 1. The minimum Gasteiger partial charge on any atom is -0.497 e. The summed E-state index contributed by atoms with van der Waals surface area (Å²) in [6, 6.07) is 15.1. The van der Waals surface area contributed by atoms with Crippen LogP contribution in [0.25, 0.3) is 0 Å². The van der Waals surface area contributed by atoms with Gasteiger partial charge in [-0.1, -0.05) is 24.3 Å². The number of nitrogens with zero attached hydrogens (tertiary/aromatic N) is 1. The molecule has 0 spiro atoms. The van der Waals surface area contributed by atoms with Gasteiger partial charge in [0.2, 0.25) is 0 Å². The lowest BCUT2D eigenvalue weighted by atomic mass is 10.1. The number of nitrogens with one attached hydrogen (secondary N) is 2. The molecule has 0 saturated carbocycles. The fraction of sp³-hybridized carbons (Fsp3) is 0.300. The summed E-state index contributed by atoms with van der Waals surface area (Å²) < 4.78 is 9.87. The van der Waals surface area contributed by atoms with Gasteiger partial charge in [0.05, 0.1) is 26.3 Å². The molecule has 2 rings (SSSR count). The summed E-state index contributed by atoms with van der Waals surface area (Å²) in [6.07, 6.45) is 0. The van der Waals surface area contributed by atoms with Gasteiger partial charge >= 0.3 is 5.97 Å². The molecule has 0 aliphatic carbocycles. The second-order valence-corrected chi connectivity index (χ2v) is 5.59. The van der Waals surface area contributed by atoms with E-state index in [0.29, 0.717) is 18.7 Å². The average molecular weight is 483 g/mol. The SMILES string of the molecule is CCNC(=NCc1ccc(OC)cc1)NCc1ccc(C(=O)OC)cc1.I. The van der Waals surface area contributed by atoms with E-state index in [9.17, 15) is 4.79 Å². The third-order valence-electron chi connectivity index (χ3n) is 3.76. The highest BCUT2D eigenvalue weighted by Gasteiger charge is 2.05. The summed E-state index contributed by atoms with van der Waals surface area (Å²) in [5, 5.41) is 6.51. The van der Waals surface area contributed by atoms with Crippen molar-refractivity contribution in [3.8, 4) is 5.75 Å². The third-order valence-corrected chi connectivity index (χ3v) is 3.76. The quantitative estimate of drug-likeness (QED) is 0.274. The molecule has 2 N–H and O–H groups in total. The highest BCUT2D eigenvalue weighted by Crippen LogP contribution is 2.12. The maximum Gasteiger partial charge on any atom is 0.337 e. The van der Waals surface area contributed by atoms with Crippen LogP contribution in [0.1, 0.15) is 28.4 Å². The predicted molar refractivity (Wildman–Crippen MR) is 118 cm³/mol. The zero-order valence-electron chi connectivity index (χ0n) is 15.8. The lowest BCUT2D eigenvalue weighted by Crippen LogP contribution is -2.36. The fourth-order valence-corrected chi connectivity index (χ4v) is 2.31. The Morgan fingerprint density at radius 1 is 0.963 bits per heavy atom. The number of aliphatic imine (C=N–C) groups is 1. The second kappa shape index (κ2) is 12.2. The second-order valence-electron chi connectivity index (χ2n) is 5.59. The minimum absolute atomic E-state index is 0. The van der Waals surface area contributed by atoms with Crippen molar-refractivity contribution < 1.29 is 14.3 Å². The molecule has 6 nitrogen and oxygen atoms in total. The number of carbonyl (C=O) groups is 1. The van der Waals surface area contributed by atoms with Crippen LogP contribution in [-0.2, 0) is 17.8 Å². The molecule has 0 amide bonds. The normalized spacial score (nSPS) is 10.6. The first-order valence-electron chi connectivity index (χ1n) is 8.48. The van der Waals surface area contributed by atoms with E-state index in [0.717, 1.165) is 29.4 Å². The van der Waals surface area contributed by atoms with Crippen LogP contribution in [-0.4, -0.2) is 32.7 Å². The van der Waals surface area contributed by atoms with Gasteiger partial charge in [-0.05, 0) is 42.3 Å². The average Bonchev–Trinajstić information content (AvgIpc) is 2.70. The van der Waals surface area contributed by atoms with Gasteiger partial charge in [-0.3, -0.25) is 0 Å². The summed E-state index contributed by atoms with van der Waals surface area (Å²) in [5.41, 5.74) is 2.69. The largest absolute Gasteiger partial charge is 0.497 e. The van der Waals surface area contributed by atoms with Gasteiger partial charge in [0.1, 0.15) is 5.75 Å². The van der Waals surface area contributed by atoms with Crippen LogP contribution in [0.5, 0.6) is 5.75 Å². The monoisotopic (exact) mass is 483 g/mol. The Kier molecular flexibility index (Phi) is 10.2. The van der Waals surface area contributed by atoms with E-state index in [1.807, 2.05) is 43.3 Å². The topological polar surface area (TPSA) is 72.0 Å². The lowest BCUT2D eigenvalue weighted by Gasteiger charge is -2.12. The molecule has 0 aliphatic rings. The number of hydrogen-bond donors (Lipinski definition) is 2. The molecular weight excluding hydrogens is 457 g/mol. The summed E-state index contributed by atoms with van der Waals surface area (Å²) in [5.74, 6) is 1.23. The number of ether oxygens (including phenoxy) is 2. The molecule has 0 unspecified atom stereocenters. The number of methoxy groups -OCH3 is 2. The Hall–Kier alpha value is -2.29. The van der Waals surface area contributed by atoms with Crippen LogP contribution in [0.2, 0.25) is 0 Å². The van der Waals surface area contributed by atoms with Crippen molar-refractivity contribution in [1.29, 1.82) is 0 Å². The Balaban J connectivity index is 0.00000364. The standard InChI is InChI=1S/C20H25N3O3.HI/c1-4-21-20(23-14-16-7-11-18(25-2)12-8-16)22-13-15-5-9-17(10-6-15)19(24)26-3;/h5-12H,4,13-14H2,1-3H3,(H2,21,22,23);1H. The Bertz CT molecular complexity index is 731. The molecule has 0 radical (unpaired) electrons. The van der Waals surface area contributed by atoms with Crippen LogP contribution in [0.4, 0.5) is 0 Å². The van der Waals surface area contributed by atoms with Gasteiger partial charge in [0.15, 0.2) is 5.96 Å². The molecule has 146 valence electrons. The molecule has 0 saturated heterocycles. The van der Waals surface area contributed by atoms with Crippen molar-refractivity contribution in [3.05, 3.63) is 65.2 Å². The predicted octanol–water partition coefficient (Wildman–Crippen LogP) is 3.36. The first-order valence-corrected chi connectivity index (χ1v) is 8.48. The number of esters is 1. The highest BCUT2D eigenvalue weighted by molar-refractivity contribution is 14.0. The molecule has 0 fully saturated rings. The van der Waals surface area contributed by atoms with Crippen molar-refractivity contribution in [1.82, 2.24) is 10.6 Å². The van der Waals surface area contributed by atoms with Crippen LogP contribution < -0.4 is 15.4 Å². The molecule has 27 heavy (non-hydrogen) atoms.